The zero-order valence-corrected chi connectivity index (χ0v) is 12.2. The van der Waals surface area contributed by atoms with Gasteiger partial charge in [-0.3, -0.25) is 4.79 Å². The molecule has 0 aliphatic carbocycles. The van der Waals surface area contributed by atoms with Gasteiger partial charge in [-0.05, 0) is 13.0 Å². The van der Waals surface area contributed by atoms with E-state index in [1.807, 2.05) is 0 Å². The molecule has 0 aromatic carbocycles. The number of aromatic nitrogens is 2. The molecule has 0 spiro atoms. The first kappa shape index (κ1) is 14.5. The van der Waals surface area contributed by atoms with E-state index in [-0.39, 0.29) is 12.0 Å². The molecule has 2 aromatic heterocycles. The van der Waals surface area contributed by atoms with Gasteiger partial charge in [0.2, 0.25) is 5.88 Å². The van der Waals surface area contributed by atoms with E-state index >= 15 is 0 Å². The smallest absolute Gasteiger partial charge is 0.258 e. The normalized spacial score (nSPS) is 15.5. The Bertz CT molecular complexity index is 632. The molecule has 0 bridgehead atoms. The molecule has 0 unspecified atom stereocenters. The summed E-state index contributed by atoms with van der Waals surface area (Å²) in [5, 5.41) is 6.35. The lowest BCUT2D eigenvalue weighted by atomic mass is 10.1. The van der Waals surface area contributed by atoms with Gasteiger partial charge in [0.25, 0.3) is 5.91 Å². The van der Waals surface area contributed by atoms with E-state index in [1.54, 1.807) is 25.1 Å². The minimum Gasteiger partial charge on any atom is -0.474 e. The summed E-state index contributed by atoms with van der Waals surface area (Å²) in [6, 6.07) is 5.01. The topological polar surface area (TPSA) is 86.5 Å². The van der Waals surface area contributed by atoms with E-state index < -0.39 is 0 Å². The summed E-state index contributed by atoms with van der Waals surface area (Å²) in [7, 11) is 0. The molecule has 7 nitrogen and oxygen atoms in total. The molecule has 2 aromatic rings. The van der Waals surface area contributed by atoms with Crippen LogP contribution in [0.5, 0.6) is 5.88 Å². The van der Waals surface area contributed by atoms with Crippen LogP contribution in [0.25, 0.3) is 0 Å². The van der Waals surface area contributed by atoms with Gasteiger partial charge < -0.3 is 19.3 Å². The fourth-order valence-electron chi connectivity index (χ4n) is 2.16. The first-order chi connectivity index (χ1) is 10.7. The lowest BCUT2D eigenvalue weighted by molar-refractivity contribution is 0.0237. The van der Waals surface area contributed by atoms with E-state index in [4.69, 9.17) is 14.0 Å². The van der Waals surface area contributed by atoms with Crippen molar-refractivity contribution >= 4 is 11.7 Å². The molecule has 1 amide bonds. The molecule has 7 heteroatoms. The fourth-order valence-corrected chi connectivity index (χ4v) is 2.16. The van der Waals surface area contributed by atoms with Gasteiger partial charge >= 0.3 is 0 Å². The van der Waals surface area contributed by atoms with Gasteiger partial charge in [0, 0.05) is 31.2 Å². The Hall–Kier alpha value is -2.41. The number of hydrogen-bond acceptors (Lipinski definition) is 6. The highest BCUT2D eigenvalue weighted by molar-refractivity contribution is 6.03. The van der Waals surface area contributed by atoms with Crippen LogP contribution in [0.4, 0.5) is 5.82 Å². The number of carbonyl (C=O) groups is 1. The summed E-state index contributed by atoms with van der Waals surface area (Å²) >= 11 is 0. The summed E-state index contributed by atoms with van der Waals surface area (Å²) in [5.74, 6) is 1.23. The molecule has 1 fully saturated rings. The van der Waals surface area contributed by atoms with Crippen LogP contribution in [0, 0.1) is 6.92 Å². The fraction of sp³-hybridized carbons (Fsp3) is 0.400. The molecule has 1 saturated heterocycles. The quantitative estimate of drug-likeness (QED) is 0.931. The third-order valence-electron chi connectivity index (χ3n) is 3.32. The number of pyridine rings is 1. The van der Waals surface area contributed by atoms with E-state index in [1.165, 1.54) is 6.20 Å². The lowest BCUT2D eigenvalue weighted by Crippen LogP contribution is -2.26. The lowest BCUT2D eigenvalue weighted by Gasteiger charge is -2.22. The van der Waals surface area contributed by atoms with Gasteiger partial charge in [0.1, 0.15) is 11.9 Å². The Morgan fingerprint density at radius 2 is 2.18 bits per heavy atom. The highest BCUT2D eigenvalue weighted by Gasteiger charge is 2.16. The third kappa shape index (κ3) is 3.62. The summed E-state index contributed by atoms with van der Waals surface area (Å²) in [4.78, 5) is 16.2. The van der Waals surface area contributed by atoms with Crippen LogP contribution in [0.15, 0.2) is 28.9 Å². The molecule has 0 atom stereocenters. The van der Waals surface area contributed by atoms with Gasteiger partial charge in [-0.2, -0.15) is 0 Å². The van der Waals surface area contributed by atoms with Crippen molar-refractivity contribution in [1.29, 1.82) is 0 Å². The number of ether oxygens (including phenoxy) is 2. The van der Waals surface area contributed by atoms with Gasteiger partial charge in [0.15, 0.2) is 5.82 Å². The van der Waals surface area contributed by atoms with Crippen LogP contribution in [0.3, 0.4) is 0 Å². The van der Waals surface area contributed by atoms with E-state index in [9.17, 15) is 4.79 Å². The van der Waals surface area contributed by atoms with Gasteiger partial charge in [-0.15, -0.1) is 0 Å². The highest BCUT2D eigenvalue weighted by atomic mass is 16.5. The molecule has 1 aliphatic heterocycles. The van der Waals surface area contributed by atoms with Crippen molar-refractivity contribution in [3.8, 4) is 5.88 Å². The zero-order valence-electron chi connectivity index (χ0n) is 12.2. The van der Waals surface area contributed by atoms with Crippen molar-refractivity contribution in [2.75, 3.05) is 18.5 Å². The number of rotatable bonds is 4. The molecule has 1 aliphatic rings. The Morgan fingerprint density at radius 1 is 1.36 bits per heavy atom. The Labute approximate surface area is 127 Å². The Kier molecular flexibility index (Phi) is 4.34. The maximum absolute atomic E-state index is 12.0. The number of nitrogens with zero attached hydrogens (tertiary/aromatic N) is 2. The van der Waals surface area contributed by atoms with Crippen molar-refractivity contribution in [2.24, 2.45) is 0 Å². The van der Waals surface area contributed by atoms with Crippen molar-refractivity contribution in [2.45, 2.75) is 25.9 Å². The SMILES string of the molecule is Cc1cc(NC(=O)c2ccc(OC3CCOCC3)nc2)no1. The maximum atomic E-state index is 12.0. The molecular weight excluding hydrogens is 286 g/mol. The van der Waals surface area contributed by atoms with Crippen molar-refractivity contribution < 1.29 is 18.8 Å². The molecule has 3 rings (SSSR count). The summed E-state index contributed by atoms with van der Waals surface area (Å²) in [6.07, 6.45) is 3.32. The van der Waals surface area contributed by atoms with E-state index in [0.717, 1.165) is 12.8 Å². The molecule has 22 heavy (non-hydrogen) atoms. The van der Waals surface area contributed by atoms with Gasteiger partial charge in [0.05, 0.1) is 18.8 Å². The standard InChI is InChI=1S/C15H17N3O4/c1-10-8-13(18-22-10)17-15(19)11-2-3-14(16-9-11)21-12-4-6-20-7-5-12/h2-3,8-9,12H,4-7H2,1H3,(H,17,18,19). The second kappa shape index (κ2) is 6.57. The number of carbonyl (C=O) groups excluding carboxylic acids is 1. The number of anilines is 1. The van der Waals surface area contributed by atoms with Gasteiger partial charge in [-0.25, -0.2) is 4.98 Å². The summed E-state index contributed by atoms with van der Waals surface area (Å²) in [5.41, 5.74) is 0.431. The molecule has 116 valence electrons. The molecule has 3 heterocycles. The van der Waals surface area contributed by atoms with Crippen molar-refractivity contribution in [3.63, 3.8) is 0 Å². The monoisotopic (exact) mass is 303 g/mol. The maximum Gasteiger partial charge on any atom is 0.258 e. The highest BCUT2D eigenvalue weighted by Crippen LogP contribution is 2.16. The van der Waals surface area contributed by atoms with Crippen molar-refractivity contribution in [3.05, 3.63) is 35.7 Å². The number of aryl methyl sites for hydroxylation is 1. The van der Waals surface area contributed by atoms with Crippen LogP contribution in [-0.4, -0.2) is 35.4 Å². The van der Waals surface area contributed by atoms with Crippen LogP contribution >= 0.6 is 0 Å². The number of nitrogens with one attached hydrogen (secondary N) is 1. The van der Waals surface area contributed by atoms with Crippen LogP contribution < -0.4 is 10.1 Å². The molecule has 1 N–H and O–H groups in total. The second-order valence-electron chi connectivity index (χ2n) is 5.09. The van der Waals surface area contributed by atoms with E-state index in [0.29, 0.717) is 36.2 Å². The van der Waals surface area contributed by atoms with E-state index in [2.05, 4.69) is 15.5 Å². The van der Waals surface area contributed by atoms with Crippen LogP contribution in [-0.2, 0) is 4.74 Å². The summed E-state index contributed by atoms with van der Waals surface area (Å²) < 4.78 is 15.9. The average Bonchev–Trinajstić information content (AvgIpc) is 2.94. The number of amides is 1. The van der Waals surface area contributed by atoms with Crippen molar-refractivity contribution in [1.82, 2.24) is 10.1 Å². The minimum absolute atomic E-state index is 0.124. The third-order valence-corrected chi connectivity index (χ3v) is 3.32. The molecule has 0 radical (unpaired) electrons. The largest absolute Gasteiger partial charge is 0.474 e. The first-order valence-electron chi connectivity index (χ1n) is 7.16. The zero-order chi connectivity index (χ0) is 15.4. The average molecular weight is 303 g/mol. The predicted molar refractivity (Wildman–Crippen MR) is 77.9 cm³/mol. The first-order valence-corrected chi connectivity index (χ1v) is 7.16. The summed E-state index contributed by atoms with van der Waals surface area (Å²) in [6.45, 7) is 3.18. The van der Waals surface area contributed by atoms with Crippen LogP contribution in [0.2, 0.25) is 0 Å². The minimum atomic E-state index is -0.293. The molecular formula is C15H17N3O4. The van der Waals surface area contributed by atoms with Crippen LogP contribution in [0.1, 0.15) is 29.0 Å². The second-order valence-corrected chi connectivity index (χ2v) is 5.09. The van der Waals surface area contributed by atoms with Gasteiger partial charge in [-0.1, -0.05) is 5.16 Å². The predicted octanol–water partition coefficient (Wildman–Crippen LogP) is 2.19. The Balaban J connectivity index is 1.59. The Morgan fingerprint density at radius 3 is 2.82 bits per heavy atom. The number of hydrogen-bond donors (Lipinski definition) is 1. The molecule has 0 saturated carbocycles.